The maximum atomic E-state index is 11.4. The van der Waals surface area contributed by atoms with Gasteiger partial charge in [0, 0.05) is 6.20 Å². The molecule has 2 aromatic rings. The van der Waals surface area contributed by atoms with Gasteiger partial charge in [-0.2, -0.15) is 0 Å². The van der Waals surface area contributed by atoms with Crippen molar-refractivity contribution >= 4 is 27.4 Å². The molecule has 0 radical (unpaired) electrons. The highest BCUT2D eigenvalue weighted by atomic mass is 32.1. The van der Waals surface area contributed by atoms with E-state index >= 15 is 0 Å². The quantitative estimate of drug-likeness (QED) is 0.749. The van der Waals surface area contributed by atoms with Crippen LogP contribution in [-0.4, -0.2) is 16.1 Å². The Labute approximate surface area is 82.8 Å². The third kappa shape index (κ3) is 1.13. The van der Waals surface area contributed by atoms with Crippen molar-refractivity contribution in [2.45, 2.75) is 6.92 Å². The molecule has 0 atom stereocenters. The number of aryl methyl sites for hydroxylation is 1. The largest absolute Gasteiger partial charge is 0.478 e. The number of rotatable bonds is 1. The third-order valence-electron chi connectivity index (χ3n) is 2.02. The Hall–Kier alpha value is -1.62. The van der Waals surface area contributed by atoms with Crippen molar-refractivity contribution in [1.29, 1.82) is 0 Å². The first-order valence-electron chi connectivity index (χ1n) is 3.94. The summed E-state index contributed by atoms with van der Waals surface area (Å²) in [6, 6.07) is 0. The van der Waals surface area contributed by atoms with Crippen molar-refractivity contribution < 1.29 is 9.90 Å². The van der Waals surface area contributed by atoms with Gasteiger partial charge in [0.15, 0.2) is 0 Å². The summed E-state index contributed by atoms with van der Waals surface area (Å²) in [6.45, 7) is 1.79. The maximum absolute atomic E-state index is 11.4. The molecule has 0 spiro atoms. The molecule has 0 aromatic carbocycles. The van der Waals surface area contributed by atoms with Crippen LogP contribution >= 0.6 is 11.3 Å². The predicted octanol–water partition coefficient (Wildman–Crippen LogP) is 1.60. The summed E-state index contributed by atoms with van der Waals surface area (Å²) in [5.74, 6) is -1.02. The van der Waals surface area contributed by atoms with Gasteiger partial charge in [-0.15, -0.1) is 11.3 Å². The molecular formula is C9H7NO3S. The predicted molar refractivity (Wildman–Crippen MR) is 54.1 cm³/mol. The Morgan fingerprint density at radius 3 is 2.93 bits per heavy atom. The van der Waals surface area contributed by atoms with Crippen LogP contribution in [0.15, 0.2) is 16.4 Å². The summed E-state index contributed by atoms with van der Waals surface area (Å²) >= 11 is 1.28. The minimum Gasteiger partial charge on any atom is -0.478 e. The van der Waals surface area contributed by atoms with Crippen LogP contribution < -0.4 is 5.56 Å². The van der Waals surface area contributed by atoms with Gasteiger partial charge in [0.1, 0.15) is 0 Å². The number of fused-ring (bicyclic) bond motifs is 1. The van der Waals surface area contributed by atoms with Crippen molar-refractivity contribution in [3.63, 3.8) is 0 Å². The van der Waals surface area contributed by atoms with E-state index in [4.69, 9.17) is 5.11 Å². The van der Waals surface area contributed by atoms with Crippen LogP contribution in [0, 0.1) is 6.92 Å². The number of hydrogen-bond acceptors (Lipinski definition) is 3. The van der Waals surface area contributed by atoms with E-state index < -0.39 is 5.97 Å². The number of pyridine rings is 1. The lowest BCUT2D eigenvalue weighted by Gasteiger charge is -1.95. The second-order valence-corrected chi connectivity index (χ2v) is 3.84. The van der Waals surface area contributed by atoms with Gasteiger partial charge in [-0.3, -0.25) is 4.79 Å². The summed E-state index contributed by atoms with van der Waals surface area (Å²) in [5, 5.41) is 11.1. The molecule has 0 aliphatic heterocycles. The zero-order valence-electron chi connectivity index (χ0n) is 7.33. The first-order chi connectivity index (χ1) is 6.61. The summed E-state index contributed by atoms with van der Waals surface area (Å²) in [6.07, 6.45) is 1.24. The fraction of sp³-hybridized carbons (Fsp3) is 0.111. The molecule has 4 nitrogen and oxygen atoms in total. The van der Waals surface area contributed by atoms with E-state index in [9.17, 15) is 9.59 Å². The Morgan fingerprint density at radius 1 is 1.57 bits per heavy atom. The number of thiophene rings is 1. The molecular weight excluding hydrogens is 202 g/mol. The van der Waals surface area contributed by atoms with Crippen LogP contribution in [0.25, 0.3) is 10.1 Å². The molecule has 0 aliphatic rings. The molecule has 2 aromatic heterocycles. The fourth-order valence-electron chi connectivity index (χ4n) is 1.36. The van der Waals surface area contributed by atoms with Gasteiger partial charge in [-0.1, -0.05) is 0 Å². The highest BCUT2D eigenvalue weighted by Crippen LogP contribution is 2.24. The number of carboxylic acid groups (broad SMARTS) is 1. The number of aromatic nitrogens is 1. The van der Waals surface area contributed by atoms with Crippen LogP contribution in [0.3, 0.4) is 0 Å². The number of nitrogens with one attached hydrogen (secondary N) is 1. The monoisotopic (exact) mass is 209 g/mol. The van der Waals surface area contributed by atoms with Gasteiger partial charge in [-0.05, 0) is 17.9 Å². The van der Waals surface area contributed by atoms with Crippen molar-refractivity contribution in [3.8, 4) is 0 Å². The van der Waals surface area contributed by atoms with Crippen molar-refractivity contribution in [2.24, 2.45) is 0 Å². The lowest BCUT2D eigenvalue weighted by molar-refractivity contribution is 0.0699. The molecule has 0 bridgehead atoms. The number of aromatic carboxylic acids is 1. The van der Waals surface area contributed by atoms with Crippen LogP contribution in [0.4, 0.5) is 0 Å². The van der Waals surface area contributed by atoms with E-state index in [0.717, 1.165) is 5.56 Å². The van der Waals surface area contributed by atoms with Gasteiger partial charge < -0.3 is 10.1 Å². The number of carboxylic acids is 1. The van der Waals surface area contributed by atoms with E-state index in [-0.39, 0.29) is 11.1 Å². The highest BCUT2D eigenvalue weighted by molar-refractivity contribution is 7.17. The summed E-state index contributed by atoms with van der Waals surface area (Å²) < 4.78 is 0.541. The smallest absolute Gasteiger partial charge is 0.338 e. The molecule has 0 aliphatic carbocycles. The van der Waals surface area contributed by atoms with Crippen molar-refractivity contribution in [2.75, 3.05) is 0 Å². The summed E-state index contributed by atoms with van der Waals surface area (Å²) in [7, 11) is 0. The summed E-state index contributed by atoms with van der Waals surface area (Å²) in [5.41, 5.74) is 0.732. The van der Waals surface area contributed by atoms with E-state index in [1.54, 1.807) is 12.3 Å². The molecule has 0 unspecified atom stereocenters. The van der Waals surface area contributed by atoms with Gasteiger partial charge in [0.2, 0.25) is 0 Å². The molecule has 14 heavy (non-hydrogen) atoms. The molecule has 5 heteroatoms. The number of H-pyrrole nitrogens is 1. The van der Waals surface area contributed by atoms with E-state index in [2.05, 4.69) is 4.98 Å². The van der Waals surface area contributed by atoms with Crippen molar-refractivity contribution in [3.05, 3.63) is 33.1 Å². The third-order valence-corrected chi connectivity index (χ3v) is 3.16. The first-order valence-corrected chi connectivity index (χ1v) is 4.82. The van der Waals surface area contributed by atoms with Crippen LogP contribution in [-0.2, 0) is 0 Å². The molecule has 2 rings (SSSR count). The van der Waals surface area contributed by atoms with E-state index in [1.165, 1.54) is 17.5 Å². The van der Waals surface area contributed by atoms with Crippen molar-refractivity contribution in [1.82, 2.24) is 4.98 Å². The summed E-state index contributed by atoms with van der Waals surface area (Å²) in [4.78, 5) is 24.6. The molecule has 0 saturated carbocycles. The number of carbonyl (C=O) groups is 1. The minimum atomic E-state index is -1.02. The van der Waals surface area contributed by atoms with E-state index in [0.29, 0.717) is 10.1 Å². The molecule has 0 fully saturated rings. The van der Waals surface area contributed by atoms with Gasteiger partial charge in [-0.25, -0.2) is 4.79 Å². The molecule has 2 N–H and O–H groups in total. The number of aromatic amines is 1. The van der Waals surface area contributed by atoms with Crippen LogP contribution in [0.2, 0.25) is 0 Å². The zero-order chi connectivity index (χ0) is 10.3. The number of hydrogen-bond donors (Lipinski definition) is 2. The van der Waals surface area contributed by atoms with Gasteiger partial charge >= 0.3 is 5.97 Å². The maximum Gasteiger partial charge on any atom is 0.338 e. The molecule has 0 amide bonds. The molecule has 2 heterocycles. The lowest BCUT2D eigenvalue weighted by Crippen LogP contribution is -2.09. The van der Waals surface area contributed by atoms with Gasteiger partial charge in [0.05, 0.1) is 15.6 Å². The lowest BCUT2D eigenvalue weighted by atomic mass is 10.2. The molecule has 72 valence electrons. The zero-order valence-corrected chi connectivity index (χ0v) is 8.14. The van der Waals surface area contributed by atoms with Gasteiger partial charge in [0.25, 0.3) is 5.56 Å². The minimum absolute atomic E-state index is 0.151. The normalized spacial score (nSPS) is 10.6. The SMILES string of the molecule is Cc1csc2c(C(=O)O)c[nH]c(=O)c12. The molecule has 0 saturated heterocycles. The average molecular weight is 209 g/mol. The second kappa shape index (κ2) is 2.95. The average Bonchev–Trinajstić information content (AvgIpc) is 2.49. The Bertz CT molecular complexity index is 567. The standard InChI is InChI=1S/C9H7NO3S/c1-4-3-14-7-5(9(12)13)2-10-8(11)6(4)7/h2-3H,1H3,(H,10,11)(H,12,13). The highest BCUT2D eigenvalue weighted by Gasteiger charge is 2.13. The Balaban J connectivity index is 2.98. The Kier molecular flexibility index (Phi) is 1.89. The fourth-order valence-corrected chi connectivity index (χ4v) is 2.42. The van der Waals surface area contributed by atoms with E-state index in [1.807, 2.05) is 0 Å². The topological polar surface area (TPSA) is 70.2 Å². The van der Waals surface area contributed by atoms with Crippen LogP contribution in [0.1, 0.15) is 15.9 Å². The Morgan fingerprint density at radius 2 is 2.29 bits per heavy atom. The second-order valence-electron chi connectivity index (χ2n) is 2.96. The van der Waals surface area contributed by atoms with Crippen LogP contribution in [0.5, 0.6) is 0 Å². The first kappa shape index (κ1) is 8.96.